The SMILES string of the molecule is CCNc1ccnc(COc2ccccc2C(C)CC)c1. The summed E-state index contributed by atoms with van der Waals surface area (Å²) in [5, 5.41) is 3.29. The van der Waals surface area contributed by atoms with Gasteiger partial charge in [-0.15, -0.1) is 0 Å². The van der Waals surface area contributed by atoms with Gasteiger partial charge >= 0.3 is 0 Å². The molecule has 0 amide bonds. The summed E-state index contributed by atoms with van der Waals surface area (Å²) in [6, 6.07) is 12.3. The van der Waals surface area contributed by atoms with Crippen molar-refractivity contribution in [2.45, 2.75) is 39.7 Å². The molecule has 1 aromatic heterocycles. The van der Waals surface area contributed by atoms with Gasteiger partial charge in [0, 0.05) is 18.4 Å². The summed E-state index contributed by atoms with van der Waals surface area (Å²) in [5.41, 5.74) is 3.29. The van der Waals surface area contributed by atoms with Gasteiger partial charge in [-0.25, -0.2) is 0 Å². The lowest BCUT2D eigenvalue weighted by atomic mass is 9.98. The Hall–Kier alpha value is -2.03. The molecule has 3 heteroatoms. The van der Waals surface area contributed by atoms with Crippen LogP contribution in [-0.4, -0.2) is 11.5 Å². The van der Waals surface area contributed by atoms with Gasteiger partial charge in [-0.3, -0.25) is 4.98 Å². The number of para-hydroxylation sites is 1. The molecule has 3 nitrogen and oxygen atoms in total. The zero-order valence-electron chi connectivity index (χ0n) is 13.1. The minimum absolute atomic E-state index is 0.493. The summed E-state index contributed by atoms with van der Waals surface area (Å²) in [5.74, 6) is 1.46. The van der Waals surface area contributed by atoms with Crippen molar-refractivity contribution in [2.24, 2.45) is 0 Å². The zero-order chi connectivity index (χ0) is 15.1. The molecule has 0 aliphatic carbocycles. The third-order valence-corrected chi connectivity index (χ3v) is 3.64. The van der Waals surface area contributed by atoms with Crippen LogP contribution in [0.3, 0.4) is 0 Å². The molecule has 21 heavy (non-hydrogen) atoms. The molecule has 2 rings (SSSR count). The Bertz CT molecular complexity index is 569. The number of ether oxygens (including phenoxy) is 1. The molecule has 0 spiro atoms. The molecule has 0 saturated carbocycles. The van der Waals surface area contributed by atoms with Gasteiger partial charge in [0.25, 0.3) is 0 Å². The first-order valence-electron chi connectivity index (χ1n) is 7.65. The Morgan fingerprint density at radius 1 is 1.19 bits per heavy atom. The Labute approximate surface area is 127 Å². The lowest BCUT2D eigenvalue weighted by molar-refractivity contribution is 0.296. The average molecular weight is 284 g/mol. The van der Waals surface area contributed by atoms with Gasteiger partial charge in [0.05, 0.1) is 5.69 Å². The van der Waals surface area contributed by atoms with E-state index in [4.69, 9.17) is 4.74 Å². The lowest BCUT2D eigenvalue weighted by Crippen LogP contribution is -2.03. The molecule has 0 aliphatic heterocycles. The van der Waals surface area contributed by atoms with Crippen LogP contribution < -0.4 is 10.1 Å². The molecule has 1 heterocycles. The van der Waals surface area contributed by atoms with Crippen molar-refractivity contribution >= 4 is 5.69 Å². The van der Waals surface area contributed by atoms with Crippen molar-refractivity contribution < 1.29 is 4.74 Å². The molecule has 1 aromatic carbocycles. The van der Waals surface area contributed by atoms with Crippen LogP contribution in [0.4, 0.5) is 5.69 Å². The Kier molecular flexibility index (Phi) is 5.61. The van der Waals surface area contributed by atoms with Crippen LogP contribution in [0.15, 0.2) is 42.6 Å². The van der Waals surface area contributed by atoms with Crippen molar-refractivity contribution in [3.05, 3.63) is 53.9 Å². The second kappa shape index (κ2) is 7.67. The van der Waals surface area contributed by atoms with Crippen LogP contribution in [-0.2, 0) is 6.61 Å². The maximum atomic E-state index is 5.99. The molecule has 0 radical (unpaired) electrons. The van der Waals surface area contributed by atoms with Gasteiger partial charge in [0.1, 0.15) is 12.4 Å². The van der Waals surface area contributed by atoms with E-state index in [2.05, 4.69) is 43.2 Å². The van der Waals surface area contributed by atoms with E-state index in [1.165, 1.54) is 5.56 Å². The molecule has 0 saturated heterocycles. The Balaban J connectivity index is 2.08. The normalized spacial score (nSPS) is 12.0. The van der Waals surface area contributed by atoms with Crippen molar-refractivity contribution in [3.8, 4) is 5.75 Å². The summed E-state index contributed by atoms with van der Waals surface area (Å²) < 4.78 is 5.99. The highest BCUT2D eigenvalue weighted by atomic mass is 16.5. The highest BCUT2D eigenvalue weighted by molar-refractivity contribution is 5.43. The number of hydrogen-bond donors (Lipinski definition) is 1. The monoisotopic (exact) mass is 284 g/mol. The second-order valence-corrected chi connectivity index (χ2v) is 5.20. The second-order valence-electron chi connectivity index (χ2n) is 5.20. The maximum Gasteiger partial charge on any atom is 0.130 e. The van der Waals surface area contributed by atoms with Crippen LogP contribution in [0.2, 0.25) is 0 Å². The van der Waals surface area contributed by atoms with E-state index in [0.29, 0.717) is 12.5 Å². The van der Waals surface area contributed by atoms with Crippen LogP contribution in [0.25, 0.3) is 0 Å². The van der Waals surface area contributed by atoms with Crippen LogP contribution in [0, 0.1) is 0 Å². The van der Waals surface area contributed by atoms with Gasteiger partial charge in [-0.2, -0.15) is 0 Å². The fraction of sp³-hybridized carbons (Fsp3) is 0.389. The van der Waals surface area contributed by atoms with Crippen LogP contribution in [0.5, 0.6) is 5.75 Å². The van der Waals surface area contributed by atoms with E-state index in [9.17, 15) is 0 Å². The number of pyridine rings is 1. The molecule has 0 bridgehead atoms. The average Bonchev–Trinajstić information content (AvgIpc) is 2.53. The summed E-state index contributed by atoms with van der Waals surface area (Å²) >= 11 is 0. The summed E-state index contributed by atoms with van der Waals surface area (Å²) in [4.78, 5) is 4.37. The van der Waals surface area contributed by atoms with E-state index in [1.54, 1.807) is 0 Å². The molecule has 0 aliphatic rings. The summed E-state index contributed by atoms with van der Waals surface area (Å²) in [7, 11) is 0. The fourth-order valence-electron chi connectivity index (χ4n) is 2.26. The van der Waals surface area contributed by atoms with E-state index in [1.807, 2.05) is 30.5 Å². The Morgan fingerprint density at radius 2 is 2.00 bits per heavy atom. The highest BCUT2D eigenvalue weighted by Gasteiger charge is 2.09. The Morgan fingerprint density at radius 3 is 2.76 bits per heavy atom. The molecule has 1 atom stereocenters. The topological polar surface area (TPSA) is 34.2 Å². The molecular formula is C18H24N2O. The van der Waals surface area contributed by atoms with Crippen molar-refractivity contribution in [1.29, 1.82) is 0 Å². The van der Waals surface area contributed by atoms with Crippen molar-refractivity contribution in [2.75, 3.05) is 11.9 Å². The van der Waals surface area contributed by atoms with Gasteiger partial charge in [-0.1, -0.05) is 32.0 Å². The molecule has 2 aromatic rings. The number of nitrogens with one attached hydrogen (secondary N) is 1. The van der Waals surface area contributed by atoms with Gasteiger partial charge in [0.15, 0.2) is 0 Å². The van der Waals surface area contributed by atoms with E-state index >= 15 is 0 Å². The van der Waals surface area contributed by atoms with Gasteiger partial charge < -0.3 is 10.1 Å². The molecule has 1 N–H and O–H groups in total. The number of aromatic nitrogens is 1. The first-order chi connectivity index (χ1) is 10.2. The summed E-state index contributed by atoms with van der Waals surface area (Å²) in [6.45, 7) is 7.90. The number of rotatable bonds is 7. The van der Waals surface area contributed by atoms with Crippen molar-refractivity contribution in [3.63, 3.8) is 0 Å². The van der Waals surface area contributed by atoms with Crippen LogP contribution in [0.1, 0.15) is 44.4 Å². The minimum Gasteiger partial charge on any atom is -0.487 e. The highest BCUT2D eigenvalue weighted by Crippen LogP contribution is 2.28. The smallest absolute Gasteiger partial charge is 0.130 e. The van der Waals surface area contributed by atoms with E-state index in [-0.39, 0.29) is 0 Å². The van der Waals surface area contributed by atoms with E-state index < -0.39 is 0 Å². The van der Waals surface area contributed by atoms with Gasteiger partial charge in [-0.05, 0) is 43.0 Å². The van der Waals surface area contributed by atoms with Crippen LogP contribution >= 0.6 is 0 Å². The standard InChI is InChI=1S/C18H24N2O/c1-4-14(3)17-8-6-7-9-18(17)21-13-16-12-15(19-5-2)10-11-20-16/h6-12,14H,4-5,13H2,1-3H3,(H,19,20). The fourth-order valence-corrected chi connectivity index (χ4v) is 2.26. The summed E-state index contributed by atoms with van der Waals surface area (Å²) in [6.07, 6.45) is 2.92. The number of anilines is 1. The molecule has 112 valence electrons. The predicted molar refractivity (Wildman–Crippen MR) is 87.9 cm³/mol. The first-order valence-corrected chi connectivity index (χ1v) is 7.65. The number of hydrogen-bond acceptors (Lipinski definition) is 3. The zero-order valence-corrected chi connectivity index (χ0v) is 13.1. The predicted octanol–water partition coefficient (Wildman–Crippen LogP) is 4.61. The minimum atomic E-state index is 0.493. The molecule has 1 unspecified atom stereocenters. The van der Waals surface area contributed by atoms with E-state index in [0.717, 1.165) is 30.1 Å². The first kappa shape index (κ1) is 15.4. The number of benzene rings is 1. The van der Waals surface area contributed by atoms with Crippen molar-refractivity contribution in [1.82, 2.24) is 4.98 Å². The van der Waals surface area contributed by atoms with Gasteiger partial charge in [0.2, 0.25) is 0 Å². The largest absolute Gasteiger partial charge is 0.487 e. The third-order valence-electron chi connectivity index (χ3n) is 3.64. The maximum absolute atomic E-state index is 5.99. The number of nitrogens with zero attached hydrogens (tertiary/aromatic N) is 1. The molecular weight excluding hydrogens is 260 g/mol. The lowest BCUT2D eigenvalue weighted by Gasteiger charge is -2.15. The molecule has 0 fully saturated rings. The third kappa shape index (κ3) is 4.22. The quantitative estimate of drug-likeness (QED) is 0.806.